The van der Waals surface area contributed by atoms with E-state index in [0.717, 1.165) is 5.56 Å². The number of rotatable bonds is 7. The van der Waals surface area contributed by atoms with E-state index in [2.05, 4.69) is 4.72 Å². The monoisotopic (exact) mass is 381 g/mol. The molecule has 0 aliphatic rings. The standard InChI is InChI=1S/C21H19NO4S/c1-26-19-11-7-16(8-12-19)15-22-27(24,25)20-13-9-18(10-14-20)21(23)17-5-3-2-4-6-17/h2-14,22H,15H2,1H3. The van der Waals surface area contributed by atoms with Crippen molar-refractivity contribution in [1.82, 2.24) is 4.72 Å². The van der Waals surface area contributed by atoms with E-state index in [-0.39, 0.29) is 17.2 Å². The third-order valence-corrected chi connectivity index (χ3v) is 5.51. The van der Waals surface area contributed by atoms with Crippen LogP contribution in [0.25, 0.3) is 0 Å². The third-order valence-electron chi connectivity index (χ3n) is 4.09. The van der Waals surface area contributed by atoms with E-state index in [1.165, 1.54) is 24.3 Å². The first-order valence-corrected chi connectivity index (χ1v) is 9.80. The normalized spacial score (nSPS) is 11.1. The van der Waals surface area contributed by atoms with Gasteiger partial charge in [0.2, 0.25) is 10.0 Å². The molecule has 0 heterocycles. The minimum absolute atomic E-state index is 0.112. The molecular formula is C21H19NO4S. The zero-order valence-electron chi connectivity index (χ0n) is 14.8. The second-order valence-corrected chi connectivity index (χ2v) is 7.66. The Morgan fingerprint density at radius 1 is 0.852 bits per heavy atom. The van der Waals surface area contributed by atoms with Crippen molar-refractivity contribution in [3.05, 3.63) is 95.6 Å². The maximum Gasteiger partial charge on any atom is 0.240 e. The van der Waals surface area contributed by atoms with Crippen LogP contribution in [0.4, 0.5) is 0 Å². The third kappa shape index (κ3) is 4.61. The van der Waals surface area contributed by atoms with Gasteiger partial charge in [-0.3, -0.25) is 4.79 Å². The van der Waals surface area contributed by atoms with E-state index < -0.39 is 10.0 Å². The van der Waals surface area contributed by atoms with Crippen LogP contribution in [-0.4, -0.2) is 21.3 Å². The molecule has 0 unspecified atom stereocenters. The number of hydrogen-bond donors (Lipinski definition) is 1. The highest BCUT2D eigenvalue weighted by molar-refractivity contribution is 7.89. The number of carbonyl (C=O) groups excluding carboxylic acids is 1. The number of methoxy groups -OCH3 is 1. The van der Waals surface area contributed by atoms with Gasteiger partial charge in [0.05, 0.1) is 12.0 Å². The van der Waals surface area contributed by atoms with Crippen molar-refractivity contribution in [3.63, 3.8) is 0 Å². The maximum atomic E-state index is 12.5. The van der Waals surface area contributed by atoms with E-state index in [4.69, 9.17) is 4.74 Å². The number of carbonyl (C=O) groups is 1. The number of sulfonamides is 1. The number of ether oxygens (including phenoxy) is 1. The molecule has 27 heavy (non-hydrogen) atoms. The highest BCUT2D eigenvalue weighted by Gasteiger charge is 2.15. The average molecular weight is 381 g/mol. The molecule has 0 atom stereocenters. The van der Waals surface area contributed by atoms with Gasteiger partial charge >= 0.3 is 0 Å². The van der Waals surface area contributed by atoms with Crippen LogP contribution in [0.15, 0.2) is 83.8 Å². The summed E-state index contributed by atoms with van der Waals surface area (Å²) in [5.74, 6) is 0.561. The summed E-state index contributed by atoms with van der Waals surface area (Å²) in [6, 6.07) is 21.9. The van der Waals surface area contributed by atoms with E-state index >= 15 is 0 Å². The molecule has 5 nitrogen and oxygen atoms in total. The number of benzene rings is 3. The molecule has 0 aliphatic carbocycles. The molecule has 0 spiro atoms. The van der Waals surface area contributed by atoms with Crippen molar-refractivity contribution in [2.45, 2.75) is 11.4 Å². The Bertz CT molecular complexity index is 1010. The summed E-state index contributed by atoms with van der Waals surface area (Å²) >= 11 is 0. The first-order valence-electron chi connectivity index (χ1n) is 8.32. The van der Waals surface area contributed by atoms with Gasteiger partial charge in [0.15, 0.2) is 5.78 Å². The second-order valence-electron chi connectivity index (χ2n) is 5.89. The van der Waals surface area contributed by atoms with Gasteiger partial charge in [-0.1, -0.05) is 42.5 Å². The van der Waals surface area contributed by atoms with E-state index in [9.17, 15) is 13.2 Å². The fourth-order valence-electron chi connectivity index (χ4n) is 2.55. The molecule has 0 bridgehead atoms. The smallest absolute Gasteiger partial charge is 0.240 e. The lowest BCUT2D eigenvalue weighted by atomic mass is 10.0. The fraction of sp³-hybridized carbons (Fsp3) is 0.0952. The predicted molar refractivity (Wildman–Crippen MR) is 103 cm³/mol. The summed E-state index contributed by atoms with van der Waals surface area (Å²) in [4.78, 5) is 12.5. The lowest BCUT2D eigenvalue weighted by Crippen LogP contribution is -2.23. The van der Waals surface area contributed by atoms with Gasteiger partial charge in [-0.25, -0.2) is 13.1 Å². The van der Waals surface area contributed by atoms with E-state index in [1.54, 1.807) is 55.6 Å². The molecule has 138 valence electrons. The van der Waals surface area contributed by atoms with E-state index in [0.29, 0.717) is 16.9 Å². The average Bonchev–Trinajstić information content (AvgIpc) is 2.73. The summed E-state index contributed by atoms with van der Waals surface area (Å²) in [5, 5.41) is 0. The maximum absolute atomic E-state index is 12.5. The van der Waals surface area contributed by atoms with Gasteiger partial charge in [0.1, 0.15) is 5.75 Å². The molecule has 0 radical (unpaired) electrons. The number of hydrogen-bond acceptors (Lipinski definition) is 4. The van der Waals surface area contributed by atoms with Gasteiger partial charge in [-0.2, -0.15) is 0 Å². The Morgan fingerprint density at radius 3 is 2.04 bits per heavy atom. The lowest BCUT2D eigenvalue weighted by Gasteiger charge is -2.08. The molecule has 0 aliphatic heterocycles. The van der Waals surface area contributed by atoms with Gasteiger partial charge in [0, 0.05) is 17.7 Å². The second kappa shape index (κ2) is 8.16. The van der Waals surface area contributed by atoms with Crippen LogP contribution < -0.4 is 9.46 Å². The Hall–Kier alpha value is -2.96. The highest BCUT2D eigenvalue weighted by Crippen LogP contribution is 2.16. The van der Waals surface area contributed by atoms with Crippen LogP contribution in [-0.2, 0) is 16.6 Å². The van der Waals surface area contributed by atoms with Crippen LogP contribution in [0.3, 0.4) is 0 Å². The molecule has 3 aromatic rings. The van der Waals surface area contributed by atoms with Crippen molar-refractivity contribution >= 4 is 15.8 Å². The highest BCUT2D eigenvalue weighted by atomic mass is 32.2. The molecule has 0 aromatic heterocycles. The van der Waals surface area contributed by atoms with Crippen LogP contribution >= 0.6 is 0 Å². The summed E-state index contributed by atoms with van der Waals surface area (Å²) in [6.07, 6.45) is 0. The molecule has 0 saturated heterocycles. The summed E-state index contributed by atoms with van der Waals surface area (Å²) in [7, 11) is -2.10. The summed E-state index contributed by atoms with van der Waals surface area (Å²) < 4.78 is 32.6. The topological polar surface area (TPSA) is 72.5 Å². The summed E-state index contributed by atoms with van der Waals surface area (Å²) in [5.41, 5.74) is 1.82. The quantitative estimate of drug-likeness (QED) is 0.637. The van der Waals surface area contributed by atoms with Crippen LogP contribution in [0.2, 0.25) is 0 Å². The van der Waals surface area contributed by atoms with Crippen molar-refractivity contribution in [1.29, 1.82) is 0 Å². The molecule has 0 fully saturated rings. The number of nitrogens with one attached hydrogen (secondary N) is 1. The van der Waals surface area contributed by atoms with Gasteiger partial charge < -0.3 is 4.74 Å². The molecule has 3 aromatic carbocycles. The minimum Gasteiger partial charge on any atom is -0.497 e. The van der Waals surface area contributed by atoms with Crippen LogP contribution in [0.1, 0.15) is 21.5 Å². The van der Waals surface area contributed by atoms with Crippen molar-refractivity contribution in [2.24, 2.45) is 0 Å². The molecular weight excluding hydrogens is 362 g/mol. The predicted octanol–water partition coefficient (Wildman–Crippen LogP) is 3.40. The zero-order valence-corrected chi connectivity index (χ0v) is 15.6. The first kappa shape index (κ1) is 18.8. The molecule has 3 rings (SSSR count). The van der Waals surface area contributed by atoms with Crippen molar-refractivity contribution < 1.29 is 17.9 Å². The van der Waals surface area contributed by atoms with Crippen LogP contribution in [0, 0.1) is 0 Å². The Balaban J connectivity index is 1.70. The fourth-order valence-corrected chi connectivity index (χ4v) is 3.56. The van der Waals surface area contributed by atoms with E-state index in [1.807, 2.05) is 6.07 Å². The number of ketones is 1. The summed E-state index contributed by atoms with van der Waals surface area (Å²) in [6.45, 7) is 0.164. The largest absolute Gasteiger partial charge is 0.497 e. The SMILES string of the molecule is COc1ccc(CNS(=O)(=O)c2ccc(C(=O)c3ccccc3)cc2)cc1. The molecule has 0 amide bonds. The lowest BCUT2D eigenvalue weighted by molar-refractivity contribution is 0.103. The Morgan fingerprint density at radius 2 is 1.44 bits per heavy atom. The van der Waals surface area contributed by atoms with Crippen molar-refractivity contribution in [2.75, 3.05) is 7.11 Å². The van der Waals surface area contributed by atoms with Gasteiger partial charge in [-0.05, 0) is 42.0 Å². The Labute approximate surface area is 158 Å². The van der Waals surface area contributed by atoms with Crippen molar-refractivity contribution in [3.8, 4) is 5.75 Å². The zero-order chi connectivity index (χ0) is 19.3. The van der Waals surface area contributed by atoms with Gasteiger partial charge in [-0.15, -0.1) is 0 Å². The molecule has 1 N–H and O–H groups in total. The minimum atomic E-state index is -3.67. The molecule has 6 heteroatoms. The molecule has 0 saturated carbocycles. The van der Waals surface area contributed by atoms with Crippen LogP contribution in [0.5, 0.6) is 5.75 Å². The Kier molecular flexibility index (Phi) is 5.69. The first-order chi connectivity index (χ1) is 13.0. The van der Waals surface area contributed by atoms with Gasteiger partial charge in [0.25, 0.3) is 0 Å².